The van der Waals surface area contributed by atoms with E-state index in [1.54, 1.807) is 0 Å². The predicted molar refractivity (Wildman–Crippen MR) is 193 cm³/mol. The Kier molecular flexibility index (Phi) is 5.47. The highest BCUT2D eigenvalue weighted by Gasteiger charge is 2.19. The first kappa shape index (κ1) is 25.1. The fraction of sp³-hybridized carbons (Fsp3) is 0.0244. The number of H-pyrrole nitrogens is 1. The van der Waals surface area contributed by atoms with E-state index in [-0.39, 0.29) is 0 Å². The zero-order valence-electron chi connectivity index (χ0n) is 24.3. The lowest BCUT2D eigenvalue weighted by Gasteiger charge is -2.09. The van der Waals surface area contributed by atoms with Gasteiger partial charge in [-0.05, 0) is 71.3 Å². The Hall–Kier alpha value is -5.38. The molecule has 0 aliphatic rings. The van der Waals surface area contributed by atoms with Crippen LogP contribution in [0.2, 0.25) is 0 Å². The fourth-order valence-corrected chi connectivity index (χ4v) is 8.37. The number of para-hydroxylation sites is 1. The molecule has 0 atom stereocenters. The molecular weight excluding hydrogens is 553 g/mol. The van der Waals surface area contributed by atoms with Gasteiger partial charge in [0.1, 0.15) is 0 Å². The highest BCUT2D eigenvalue weighted by atomic mass is 32.1. The monoisotopic (exact) mass is 580 g/mol. The van der Waals surface area contributed by atoms with E-state index in [4.69, 9.17) is 0 Å². The summed E-state index contributed by atoms with van der Waals surface area (Å²) in [4.78, 5) is 3.88. The summed E-state index contributed by atoms with van der Waals surface area (Å²) in [6.45, 7) is 6.26. The molecule has 6 aromatic carbocycles. The Morgan fingerprint density at radius 1 is 0.682 bits per heavy atom. The summed E-state index contributed by atoms with van der Waals surface area (Å²) in [5.41, 5.74) is 9.38. The number of rotatable bonds is 4. The summed E-state index contributed by atoms with van der Waals surface area (Å²) in [6, 6.07) is 41.9. The van der Waals surface area contributed by atoms with Gasteiger partial charge >= 0.3 is 0 Å². The second-order valence-electron chi connectivity index (χ2n) is 11.4. The van der Waals surface area contributed by atoms with Crippen LogP contribution in [0.25, 0.3) is 92.6 Å². The van der Waals surface area contributed by atoms with Crippen LogP contribution in [0.15, 0.2) is 128 Å². The smallest absolute Gasteiger partial charge is 0.0653 e. The summed E-state index contributed by atoms with van der Waals surface area (Å²) < 4.78 is 4.96. The lowest BCUT2D eigenvalue weighted by atomic mass is 9.97. The van der Waals surface area contributed by atoms with Gasteiger partial charge in [0.2, 0.25) is 0 Å². The first-order valence-electron chi connectivity index (χ1n) is 15.0. The van der Waals surface area contributed by atoms with E-state index in [1.807, 2.05) is 17.4 Å². The molecule has 0 bridgehead atoms. The van der Waals surface area contributed by atoms with Crippen molar-refractivity contribution in [2.45, 2.75) is 6.92 Å². The third kappa shape index (κ3) is 3.48. The van der Waals surface area contributed by atoms with Crippen LogP contribution in [0.5, 0.6) is 0 Å². The summed E-state index contributed by atoms with van der Waals surface area (Å²) in [5.74, 6) is 0. The van der Waals surface area contributed by atoms with Crippen LogP contribution in [0, 0.1) is 0 Å². The average molecular weight is 581 g/mol. The molecule has 0 fully saturated rings. The summed E-state index contributed by atoms with van der Waals surface area (Å²) in [6.07, 6.45) is 6.28. The Balaban J connectivity index is 1.30. The SMILES string of the molecule is C=Cc1c(/C=C\C)c2cc(-c3ccc4c(c3)[nH]c3c5sc6ccccc6c5c5ccccc5c43)ccc2n1-c1ccccc1. The molecule has 0 unspecified atom stereocenters. The van der Waals surface area contributed by atoms with Gasteiger partial charge in [-0.15, -0.1) is 11.3 Å². The second kappa shape index (κ2) is 9.57. The number of thiophene rings is 1. The molecule has 0 saturated heterocycles. The topological polar surface area (TPSA) is 20.7 Å². The van der Waals surface area contributed by atoms with Crippen LogP contribution < -0.4 is 0 Å². The molecule has 2 nitrogen and oxygen atoms in total. The second-order valence-corrected chi connectivity index (χ2v) is 12.4. The number of nitrogens with zero attached hydrogens (tertiary/aromatic N) is 1. The van der Waals surface area contributed by atoms with Crippen molar-refractivity contribution in [2.24, 2.45) is 0 Å². The first-order valence-corrected chi connectivity index (χ1v) is 15.8. The Bertz CT molecular complexity index is 2630. The number of aromatic nitrogens is 2. The summed E-state index contributed by atoms with van der Waals surface area (Å²) in [5, 5.41) is 9.09. The van der Waals surface area contributed by atoms with Crippen molar-refractivity contribution in [1.82, 2.24) is 9.55 Å². The van der Waals surface area contributed by atoms with Gasteiger partial charge in [0.05, 0.1) is 21.4 Å². The van der Waals surface area contributed by atoms with E-state index in [0.29, 0.717) is 0 Å². The molecule has 0 spiro atoms. The third-order valence-electron chi connectivity index (χ3n) is 9.01. The lowest BCUT2D eigenvalue weighted by Crippen LogP contribution is -1.96. The van der Waals surface area contributed by atoms with Gasteiger partial charge in [-0.25, -0.2) is 0 Å². The van der Waals surface area contributed by atoms with E-state index in [0.717, 1.165) is 16.9 Å². The summed E-state index contributed by atoms with van der Waals surface area (Å²) in [7, 11) is 0. The fourth-order valence-electron chi connectivity index (χ4n) is 7.15. The number of hydrogen-bond acceptors (Lipinski definition) is 1. The standard InChI is InChI=1S/C41H28N2S/c1-3-12-28-33-23-25(20-22-36(33)43(35(28)4-2)27-13-6-5-7-14-27)26-19-21-31-34(24-26)42-40-38(31)29-15-8-9-16-30(29)39-32-17-10-11-18-37(32)44-41(39)40/h3-24,42H,2H2,1H3/b12-3-. The quantitative estimate of drug-likeness (QED) is 0.214. The van der Waals surface area contributed by atoms with Gasteiger partial charge in [-0.1, -0.05) is 97.6 Å². The van der Waals surface area contributed by atoms with Crippen molar-refractivity contribution in [3.8, 4) is 16.8 Å². The van der Waals surface area contributed by atoms with Crippen molar-refractivity contribution in [3.63, 3.8) is 0 Å². The number of hydrogen-bond donors (Lipinski definition) is 1. The van der Waals surface area contributed by atoms with Gasteiger partial charge in [0.15, 0.2) is 0 Å². The maximum atomic E-state index is 4.19. The van der Waals surface area contributed by atoms with Crippen LogP contribution in [0.4, 0.5) is 0 Å². The van der Waals surface area contributed by atoms with Crippen molar-refractivity contribution in [3.05, 3.63) is 139 Å². The van der Waals surface area contributed by atoms with Crippen molar-refractivity contribution < 1.29 is 0 Å². The van der Waals surface area contributed by atoms with E-state index in [2.05, 4.69) is 150 Å². The molecule has 0 aliphatic carbocycles. The van der Waals surface area contributed by atoms with E-state index in [1.165, 1.54) is 74.8 Å². The van der Waals surface area contributed by atoms with E-state index < -0.39 is 0 Å². The van der Waals surface area contributed by atoms with Crippen LogP contribution in [0.3, 0.4) is 0 Å². The maximum absolute atomic E-state index is 4.19. The Morgan fingerprint density at radius 3 is 2.18 bits per heavy atom. The van der Waals surface area contributed by atoms with E-state index >= 15 is 0 Å². The molecular formula is C41H28N2S. The average Bonchev–Trinajstić information content (AvgIpc) is 3.75. The maximum Gasteiger partial charge on any atom is 0.0653 e. The third-order valence-corrected chi connectivity index (χ3v) is 10.2. The molecule has 208 valence electrons. The molecule has 0 aliphatic heterocycles. The Morgan fingerprint density at radius 2 is 1.39 bits per heavy atom. The predicted octanol–water partition coefficient (Wildman–Crippen LogP) is 12.1. The number of aromatic amines is 1. The van der Waals surface area contributed by atoms with Crippen molar-refractivity contribution >= 4 is 87.1 Å². The Labute approximate surface area is 258 Å². The molecule has 9 aromatic rings. The van der Waals surface area contributed by atoms with Crippen LogP contribution in [-0.2, 0) is 0 Å². The molecule has 1 N–H and O–H groups in total. The van der Waals surface area contributed by atoms with Gasteiger partial charge in [-0.3, -0.25) is 0 Å². The number of fused-ring (bicyclic) bond motifs is 11. The van der Waals surface area contributed by atoms with Gasteiger partial charge < -0.3 is 9.55 Å². The number of allylic oxidation sites excluding steroid dienone is 1. The van der Waals surface area contributed by atoms with Gasteiger partial charge in [0, 0.05) is 48.4 Å². The summed E-state index contributed by atoms with van der Waals surface area (Å²) >= 11 is 1.89. The van der Waals surface area contributed by atoms with Crippen LogP contribution in [-0.4, -0.2) is 9.55 Å². The minimum Gasteiger partial charge on any atom is -0.353 e. The van der Waals surface area contributed by atoms with Gasteiger partial charge in [0.25, 0.3) is 0 Å². The highest BCUT2D eigenvalue weighted by molar-refractivity contribution is 7.27. The normalized spacial score (nSPS) is 12.2. The largest absolute Gasteiger partial charge is 0.353 e. The van der Waals surface area contributed by atoms with Crippen molar-refractivity contribution in [2.75, 3.05) is 0 Å². The molecule has 3 heteroatoms. The molecule has 3 aromatic heterocycles. The molecule has 0 radical (unpaired) electrons. The van der Waals surface area contributed by atoms with Crippen molar-refractivity contribution in [1.29, 1.82) is 0 Å². The van der Waals surface area contributed by atoms with Crippen LogP contribution in [0.1, 0.15) is 18.2 Å². The minimum atomic E-state index is 1.10. The molecule has 3 heterocycles. The highest BCUT2D eigenvalue weighted by Crippen LogP contribution is 2.46. The zero-order chi connectivity index (χ0) is 29.4. The molecule has 0 saturated carbocycles. The first-order chi connectivity index (χ1) is 21.7. The van der Waals surface area contributed by atoms with E-state index in [9.17, 15) is 0 Å². The number of benzene rings is 6. The minimum absolute atomic E-state index is 1.10. The zero-order valence-corrected chi connectivity index (χ0v) is 25.1. The lowest BCUT2D eigenvalue weighted by molar-refractivity contribution is 1.11. The van der Waals surface area contributed by atoms with Crippen LogP contribution >= 0.6 is 11.3 Å². The number of nitrogens with one attached hydrogen (secondary N) is 1. The molecule has 9 rings (SSSR count). The molecule has 44 heavy (non-hydrogen) atoms. The molecule has 0 amide bonds. The van der Waals surface area contributed by atoms with Gasteiger partial charge in [-0.2, -0.15) is 0 Å².